The van der Waals surface area contributed by atoms with Gasteiger partial charge in [-0.25, -0.2) is 0 Å². The van der Waals surface area contributed by atoms with Crippen molar-refractivity contribution in [1.29, 1.82) is 0 Å². The van der Waals surface area contributed by atoms with E-state index < -0.39 is 0 Å². The summed E-state index contributed by atoms with van der Waals surface area (Å²) in [5, 5.41) is 4.84. The van der Waals surface area contributed by atoms with E-state index in [0.717, 1.165) is 11.3 Å². The molecule has 21 heavy (non-hydrogen) atoms. The molecule has 2 radical (unpaired) electrons. The van der Waals surface area contributed by atoms with Crippen LogP contribution in [0.2, 0.25) is 0 Å². The first-order valence-electron chi connectivity index (χ1n) is 6.96. The van der Waals surface area contributed by atoms with Gasteiger partial charge in [0.2, 0.25) is 0 Å². The van der Waals surface area contributed by atoms with Crippen molar-refractivity contribution in [2.75, 3.05) is 0 Å². The number of hydrogen-bond donors (Lipinski definition) is 0. The van der Waals surface area contributed by atoms with Crippen molar-refractivity contribution in [1.82, 2.24) is 4.98 Å². The fourth-order valence-electron chi connectivity index (χ4n) is 2.88. The van der Waals surface area contributed by atoms with Gasteiger partial charge in [0.05, 0.1) is 5.69 Å². The van der Waals surface area contributed by atoms with E-state index in [-0.39, 0.29) is 0 Å². The van der Waals surface area contributed by atoms with Crippen LogP contribution in [-0.2, 0) is 0 Å². The quantitative estimate of drug-likeness (QED) is 0.376. The molecule has 0 spiro atoms. The summed E-state index contributed by atoms with van der Waals surface area (Å²) in [5.41, 5.74) is 2.61. The molecule has 0 atom stereocenters. The van der Waals surface area contributed by atoms with Crippen LogP contribution in [0.15, 0.2) is 72.8 Å². The Kier molecular flexibility index (Phi) is 2.75. The minimum atomic E-state index is 0.546. The highest BCUT2D eigenvalue weighted by Crippen LogP contribution is 2.34. The van der Waals surface area contributed by atoms with Gasteiger partial charge >= 0.3 is 0 Å². The molecule has 2 heteroatoms. The molecule has 0 aliphatic rings. The Morgan fingerprint density at radius 1 is 0.667 bits per heavy atom. The molecule has 4 rings (SSSR count). The predicted molar refractivity (Wildman–Crippen MR) is 90.1 cm³/mol. The van der Waals surface area contributed by atoms with Crippen molar-refractivity contribution in [3.8, 4) is 11.3 Å². The second kappa shape index (κ2) is 4.74. The molecule has 0 saturated heterocycles. The Bertz CT molecular complexity index is 906. The summed E-state index contributed by atoms with van der Waals surface area (Å²) < 4.78 is 0. The van der Waals surface area contributed by atoms with Crippen LogP contribution in [0.25, 0.3) is 32.8 Å². The highest BCUT2D eigenvalue weighted by atomic mass is 14.7. The molecule has 0 amide bonds. The molecule has 0 fully saturated rings. The first kappa shape index (κ1) is 12.2. The molecule has 1 heterocycles. The standard InChI is InChI=1S/C19H12BN/c20-18-11-5-10-17(21-18)19-15-8-3-1-6-13(15)12-14-7-2-4-9-16(14)19/h1-12H. The average Bonchev–Trinajstić information content (AvgIpc) is 2.52. The highest BCUT2D eigenvalue weighted by molar-refractivity contribution is 6.30. The van der Waals surface area contributed by atoms with E-state index >= 15 is 0 Å². The SMILES string of the molecule is [B]c1cccc(-c2c3ccccc3cc3ccccc23)n1. The number of rotatable bonds is 1. The van der Waals surface area contributed by atoms with Gasteiger partial charge in [-0.2, -0.15) is 0 Å². The molecular weight excluding hydrogens is 253 g/mol. The number of benzene rings is 3. The zero-order chi connectivity index (χ0) is 14.2. The summed E-state index contributed by atoms with van der Waals surface area (Å²) in [5.74, 6) is 0. The Balaban J connectivity index is 2.21. The molecule has 0 unspecified atom stereocenters. The van der Waals surface area contributed by atoms with E-state index in [2.05, 4.69) is 59.6 Å². The van der Waals surface area contributed by atoms with Crippen LogP contribution in [0.1, 0.15) is 0 Å². The molecular formula is C19H12BN. The smallest absolute Gasteiger partial charge is 0.141 e. The Morgan fingerprint density at radius 3 is 1.90 bits per heavy atom. The summed E-state index contributed by atoms with van der Waals surface area (Å²) in [7, 11) is 5.87. The van der Waals surface area contributed by atoms with Crippen LogP contribution >= 0.6 is 0 Å². The van der Waals surface area contributed by atoms with Crippen molar-refractivity contribution >= 4 is 35.0 Å². The lowest BCUT2D eigenvalue weighted by molar-refractivity contribution is 1.39. The molecule has 4 aromatic rings. The van der Waals surface area contributed by atoms with Crippen LogP contribution in [-0.4, -0.2) is 12.8 Å². The predicted octanol–water partition coefficient (Wildman–Crippen LogP) is 3.85. The highest BCUT2D eigenvalue weighted by Gasteiger charge is 2.10. The van der Waals surface area contributed by atoms with E-state index in [1.165, 1.54) is 21.5 Å². The van der Waals surface area contributed by atoms with Crippen LogP contribution in [0.5, 0.6) is 0 Å². The monoisotopic (exact) mass is 265 g/mol. The zero-order valence-electron chi connectivity index (χ0n) is 11.5. The molecule has 96 valence electrons. The van der Waals surface area contributed by atoms with E-state index in [4.69, 9.17) is 7.85 Å². The van der Waals surface area contributed by atoms with Crippen molar-refractivity contribution < 1.29 is 0 Å². The minimum absolute atomic E-state index is 0.546. The average molecular weight is 265 g/mol. The molecule has 3 aromatic carbocycles. The number of aromatic nitrogens is 1. The minimum Gasteiger partial charge on any atom is -0.264 e. The van der Waals surface area contributed by atoms with Gasteiger partial charge < -0.3 is 0 Å². The summed E-state index contributed by atoms with van der Waals surface area (Å²) >= 11 is 0. The fourth-order valence-corrected chi connectivity index (χ4v) is 2.88. The number of fused-ring (bicyclic) bond motifs is 2. The van der Waals surface area contributed by atoms with Crippen LogP contribution in [0.3, 0.4) is 0 Å². The third-order valence-corrected chi connectivity index (χ3v) is 3.80. The second-order valence-electron chi connectivity index (χ2n) is 5.14. The maximum absolute atomic E-state index is 5.87. The van der Waals surface area contributed by atoms with Crippen LogP contribution in [0, 0.1) is 0 Å². The second-order valence-corrected chi connectivity index (χ2v) is 5.14. The lowest BCUT2D eigenvalue weighted by Gasteiger charge is -2.11. The largest absolute Gasteiger partial charge is 0.264 e. The lowest BCUT2D eigenvalue weighted by Crippen LogP contribution is -2.07. The van der Waals surface area contributed by atoms with Gasteiger partial charge in [-0.15, -0.1) is 0 Å². The third kappa shape index (κ3) is 2.00. The lowest BCUT2D eigenvalue weighted by atomic mass is 9.93. The molecule has 0 saturated carbocycles. The van der Waals surface area contributed by atoms with Crippen LogP contribution in [0.4, 0.5) is 0 Å². The van der Waals surface area contributed by atoms with Crippen molar-refractivity contribution in [3.05, 3.63) is 72.8 Å². The van der Waals surface area contributed by atoms with E-state index in [1.54, 1.807) is 0 Å². The van der Waals surface area contributed by atoms with Crippen molar-refractivity contribution in [2.45, 2.75) is 0 Å². The summed E-state index contributed by atoms with van der Waals surface area (Å²) in [6.07, 6.45) is 0. The summed E-state index contributed by atoms with van der Waals surface area (Å²) in [6.45, 7) is 0. The van der Waals surface area contributed by atoms with Gasteiger partial charge in [0.1, 0.15) is 7.85 Å². The van der Waals surface area contributed by atoms with Gasteiger partial charge in [0.25, 0.3) is 0 Å². The zero-order valence-corrected chi connectivity index (χ0v) is 11.5. The van der Waals surface area contributed by atoms with Gasteiger partial charge in [0.15, 0.2) is 0 Å². The van der Waals surface area contributed by atoms with Crippen LogP contribution < -0.4 is 5.59 Å². The van der Waals surface area contributed by atoms with E-state index in [0.29, 0.717) is 5.59 Å². The molecule has 1 aromatic heterocycles. The Labute approximate surface area is 124 Å². The van der Waals surface area contributed by atoms with Crippen molar-refractivity contribution in [3.63, 3.8) is 0 Å². The maximum Gasteiger partial charge on any atom is 0.141 e. The maximum atomic E-state index is 5.87. The van der Waals surface area contributed by atoms with E-state index in [1.807, 2.05) is 18.2 Å². The third-order valence-electron chi connectivity index (χ3n) is 3.80. The number of pyridine rings is 1. The van der Waals surface area contributed by atoms with Gasteiger partial charge in [-0.3, -0.25) is 4.98 Å². The molecule has 0 aliphatic carbocycles. The topological polar surface area (TPSA) is 12.9 Å². The van der Waals surface area contributed by atoms with Gasteiger partial charge in [-0.1, -0.05) is 60.7 Å². The summed E-state index contributed by atoms with van der Waals surface area (Å²) in [6, 6.07) is 24.8. The Morgan fingerprint density at radius 2 is 1.29 bits per heavy atom. The first-order valence-corrected chi connectivity index (χ1v) is 6.96. The molecule has 0 aliphatic heterocycles. The van der Waals surface area contributed by atoms with Gasteiger partial charge in [0, 0.05) is 5.56 Å². The number of nitrogens with zero attached hydrogens (tertiary/aromatic N) is 1. The first-order chi connectivity index (χ1) is 10.3. The molecule has 1 nitrogen and oxygen atoms in total. The fraction of sp³-hybridized carbons (Fsp3) is 0. The normalized spacial score (nSPS) is 11.0. The van der Waals surface area contributed by atoms with Crippen molar-refractivity contribution in [2.24, 2.45) is 0 Å². The van der Waals surface area contributed by atoms with E-state index in [9.17, 15) is 0 Å². The Hall–Kier alpha value is -2.61. The van der Waals surface area contributed by atoms with Gasteiger partial charge in [-0.05, 0) is 39.3 Å². The summed E-state index contributed by atoms with van der Waals surface area (Å²) in [4.78, 5) is 4.52. The molecule has 0 bridgehead atoms. The molecule has 0 N–H and O–H groups in total. The number of hydrogen-bond acceptors (Lipinski definition) is 1.